The minimum atomic E-state index is -0.798. The van der Waals surface area contributed by atoms with E-state index in [0.717, 1.165) is 0 Å². The van der Waals surface area contributed by atoms with Crippen LogP contribution in [0.4, 0.5) is 4.79 Å². The van der Waals surface area contributed by atoms with Crippen LogP contribution in [0.25, 0.3) is 0 Å². The van der Waals surface area contributed by atoms with Gasteiger partial charge in [-0.3, -0.25) is 0 Å². The first-order chi connectivity index (χ1) is 8.12. The van der Waals surface area contributed by atoms with Crippen molar-refractivity contribution in [2.45, 2.75) is 6.92 Å². The molecule has 0 spiro atoms. The van der Waals surface area contributed by atoms with Crippen LogP contribution in [0, 0.1) is 14.9 Å². The molecule has 0 saturated carbocycles. The van der Waals surface area contributed by atoms with Crippen LogP contribution in [0.2, 0.25) is 0 Å². The maximum absolute atomic E-state index is 11.2. The van der Waals surface area contributed by atoms with E-state index in [1.165, 1.54) is 13.2 Å². The van der Waals surface area contributed by atoms with E-state index in [1.807, 2.05) is 28.7 Å². The topological polar surface area (TPSA) is 68.5 Å². The first-order valence-corrected chi connectivity index (χ1v) is 5.82. The molecule has 0 saturated heterocycles. The van der Waals surface area contributed by atoms with Crippen molar-refractivity contribution in [2.75, 3.05) is 13.7 Å². The summed E-state index contributed by atoms with van der Waals surface area (Å²) in [7, 11) is 1.44. The summed E-state index contributed by atoms with van der Waals surface area (Å²) in [6.07, 6.45) is -0.798. The molecule has 0 aliphatic heterocycles. The number of carbonyl (C=O) groups is 1. The van der Waals surface area contributed by atoms with Gasteiger partial charge in [-0.15, -0.1) is 0 Å². The fourth-order valence-electron chi connectivity index (χ4n) is 1.11. The molecule has 6 heteroatoms. The highest BCUT2D eigenvalue weighted by molar-refractivity contribution is 14.1. The number of hydrogen-bond acceptors (Lipinski definition) is 5. The summed E-state index contributed by atoms with van der Waals surface area (Å²) in [5.41, 5.74) is 0.433. The van der Waals surface area contributed by atoms with E-state index in [2.05, 4.69) is 4.74 Å². The van der Waals surface area contributed by atoms with Crippen molar-refractivity contribution in [3.05, 3.63) is 21.3 Å². The number of benzene rings is 1. The minimum absolute atomic E-state index is 0.230. The molecule has 0 aliphatic rings. The lowest BCUT2D eigenvalue weighted by atomic mass is 10.2. The van der Waals surface area contributed by atoms with Crippen LogP contribution < -0.4 is 9.47 Å². The third-order valence-electron chi connectivity index (χ3n) is 1.81. The molecule has 17 heavy (non-hydrogen) atoms. The van der Waals surface area contributed by atoms with Gasteiger partial charge in [-0.25, -0.2) is 4.79 Å². The fraction of sp³-hybridized carbons (Fsp3) is 0.273. The molecule has 0 amide bonds. The van der Waals surface area contributed by atoms with Gasteiger partial charge < -0.3 is 14.2 Å². The Labute approximate surface area is 112 Å². The predicted octanol–water partition coefficient (Wildman–Crippen LogP) is 2.71. The Balaban J connectivity index is 3.06. The largest absolute Gasteiger partial charge is 0.514 e. The lowest BCUT2D eigenvalue weighted by Crippen LogP contribution is -2.11. The van der Waals surface area contributed by atoms with E-state index in [0.29, 0.717) is 14.9 Å². The van der Waals surface area contributed by atoms with Crippen molar-refractivity contribution in [1.29, 1.82) is 5.26 Å². The highest BCUT2D eigenvalue weighted by Crippen LogP contribution is 2.33. The predicted molar refractivity (Wildman–Crippen MR) is 68.1 cm³/mol. The van der Waals surface area contributed by atoms with E-state index >= 15 is 0 Å². The molecule has 0 atom stereocenters. The molecular formula is C11H10INO4. The summed E-state index contributed by atoms with van der Waals surface area (Å²) in [6, 6.07) is 5.08. The first kappa shape index (κ1) is 13.6. The number of ether oxygens (including phenoxy) is 3. The normalized spacial score (nSPS) is 9.29. The van der Waals surface area contributed by atoms with Gasteiger partial charge in [-0.2, -0.15) is 5.26 Å². The Kier molecular flexibility index (Phi) is 5.03. The lowest BCUT2D eigenvalue weighted by Gasteiger charge is -2.10. The van der Waals surface area contributed by atoms with Gasteiger partial charge in [0.05, 0.1) is 28.9 Å². The number of nitriles is 1. The van der Waals surface area contributed by atoms with Gasteiger partial charge in [-0.05, 0) is 35.6 Å². The molecule has 0 N–H and O–H groups in total. The van der Waals surface area contributed by atoms with Crippen LogP contribution in [0.1, 0.15) is 12.5 Å². The number of rotatable bonds is 3. The second-order valence-electron chi connectivity index (χ2n) is 2.89. The summed E-state index contributed by atoms with van der Waals surface area (Å²) < 4.78 is 15.3. The molecule has 0 bridgehead atoms. The number of carbonyl (C=O) groups excluding carboxylic acids is 1. The third kappa shape index (κ3) is 3.49. The zero-order chi connectivity index (χ0) is 12.8. The van der Waals surface area contributed by atoms with Gasteiger partial charge in [0.2, 0.25) is 0 Å². The van der Waals surface area contributed by atoms with Crippen molar-refractivity contribution >= 4 is 28.7 Å². The van der Waals surface area contributed by atoms with Crippen molar-refractivity contribution in [2.24, 2.45) is 0 Å². The van der Waals surface area contributed by atoms with Crippen LogP contribution in [0.3, 0.4) is 0 Å². The molecule has 1 rings (SSSR count). The van der Waals surface area contributed by atoms with Gasteiger partial charge in [0.1, 0.15) is 0 Å². The molecule has 5 nitrogen and oxygen atoms in total. The van der Waals surface area contributed by atoms with Crippen LogP contribution in [0.5, 0.6) is 11.5 Å². The van der Waals surface area contributed by atoms with Crippen LogP contribution in [0.15, 0.2) is 12.1 Å². The summed E-state index contributed by atoms with van der Waals surface area (Å²) in [5.74, 6) is 0.576. The van der Waals surface area contributed by atoms with Crippen LogP contribution in [-0.2, 0) is 4.74 Å². The highest BCUT2D eigenvalue weighted by atomic mass is 127. The fourth-order valence-corrected chi connectivity index (χ4v) is 1.83. The van der Waals surface area contributed by atoms with Gasteiger partial charge >= 0.3 is 6.16 Å². The Hall–Kier alpha value is -1.49. The molecule has 0 unspecified atom stereocenters. The molecule has 90 valence electrons. The van der Waals surface area contributed by atoms with Gasteiger partial charge in [0.25, 0.3) is 0 Å². The highest BCUT2D eigenvalue weighted by Gasteiger charge is 2.16. The molecular weight excluding hydrogens is 337 g/mol. The monoisotopic (exact) mass is 347 g/mol. The van der Waals surface area contributed by atoms with Crippen molar-refractivity contribution < 1.29 is 19.0 Å². The standard InChI is InChI=1S/C11H10INO4/c1-3-16-11(14)17-10-8(12)4-7(6-13)5-9(10)15-2/h4-5H,3H2,1-2H3. The molecule has 1 aromatic rings. The Bertz CT molecular complexity index is 467. The average molecular weight is 347 g/mol. The number of methoxy groups -OCH3 is 1. The maximum Gasteiger partial charge on any atom is 0.514 e. The maximum atomic E-state index is 11.2. The zero-order valence-electron chi connectivity index (χ0n) is 9.32. The van der Waals surface area contributed by atoms with Crippen molar-refractivity contribution in [3.63, 3.8) is 0 Å². The summed E-state index contributed by atoms with van der Waals surface area (Å²) in [4.78, 5) is 11.2. The van der Waals surface area contributed by atoms with Crippen molar-refractivity contribution in [3.8, 4) is 17.6 Å². The van der Waals surface area contributed by atoms with E-state index in [-0.39, 0.29) is 12.4 Å². The smallest absolute Gasteiger partial charge is 0.493 e. The Morgan fingerprint density at radius 2 is 2.24 bits per heavy atom. The molecule has 0 radical (unpaired) electrons. The van der Waals surface area contributed by atoms with Gasteiger partial charge in [-0.1, -0.05) is 0 Å². The quantitative estimate of drug-likeness (QED) is 0.478. The van der Waals surface area contributed by atoms with E-state index < -0.39 is 6.16 Å². The third-order valence-corrected chi connectivity index (χ3v) is 2.61. The molecule has 0 aliphatic carbocycles. The summed E-state index contributed by atoms with van der Waals surface area (Å²) in [5, 5.41) is 8.80. The van der Waals surface area contributed by atoms with E-state index in [9.17, 15) is 4.79 Å². The SMILES string of the molecule is CCOC(=O)Oc1c(I)cc(C#N)cc1OC. The summed E-state index contributed by atoms with van der Waals surface area (Å²) >= 11 is 1.96. The number of halogens is 1. The number of hydrogen-bond donors (Lipinski definition) is 0. The lowest BCUT2D eigenvalue weighted by molar-refractivity contribution is 0.103. The number of nitrogens with zero attached hydrogens (tertiary/aromatic N) is 1. The second-order valence-corrected chi connectivity index (χ2v) is 4.05. The van der Waals surface area contributed by atoms with Crippen molar-refractivity contribution in [1.82, 2.24) is 0 Å². The summed E-state index contributed by atoms with van der Waals surface area (Å²) in [6.45, 7) is 1.91. The average Bonchev–Trinajstić information content (AvgIpc) is 2.31. The zero-order valence-corrected chi connectivity index (χ0v) is 11.5. The van der Waals surface area contributed by atoms with E-state index in [1.54, 1.807) is 13.0 Å². The van der Waals surface area contributed by atoms with Gasteiger partial charge in [0.15, 0.2) is 11.5 Å². The molecule has 0 heterocycles. The van der Waals surface area contributed by atoms with Crippen LogP contribution in [-0.4, -0.2) is 19.9 Å². The minimum Gasteiger partial charge on any atom is -0.493 e. The Morgan fingerprint density at radius 1 is 1.53 bits per heavy atom. The van der Waals surface area contributed by atoms with E-state index in [4.69, 9.17) is 14.7 Å². The first-order valence-electron chi connectivity index (χ1n) is 4.74. The molecule has 0 aromatic heterocycles. The Morgan fingerprint density at radius 3 is 2.76 bits per heavy atom. The molecule has 1 aromatic carbocycles. The van der Waals surface area contributed by atoms with Crippen LogP contribution >= 0.6 is 22.6 Å². The molecule has 0 fully saturated rings. The van der Waals surface area contributed by atoms with Gasteiger partial charge in [0, 0.05) is 6.07 Å². The second kappa shape index (κ2) is 6.30.